The molecule has 1 amide bonds. The van der Waals surface area contributed by atoms with Crippen molar-refractivity contribution in [2.75, 3.05) is 13.1 Å². The van der Waals surface area contributed by atoms with E-state index in [9.17, 15) is 4.79 Å². The number of para-hydroxylation sites is 1. The van der Waals surface area contributed by atoms with Gasteiger partial charge in [0.2, 0.25) is 0 Å². The number of piperidine rings is 1. The summed E-state index contributed by atoms with van der Waals surface area (Å²) in [4.78, 5) is 22.5. The first kappa shape index (κ1) is 18.4. The fourth-order valence-corrected chi connectivity index (χ4v) is 4.11. The molecule has 0 bridgehead atoms. The number of carbonyl (C=O) groups is 1. The Labute approximate surface area is 175 Å². The van der Waals surface area contributed by atoms with Crippen molar-refractivity contribution in [2.24, 2.45) is 0 Å². The zero-order valence-electron chi connectivity index (χ0n) is 16.6. The summed E-state index contributed by atoms with van der Waals surface area (Å²) in [5.74, 6) is 0.420. The summed E-state index contributed by atoms with van der Waals surface area (Å²) in [6, 6.07) is 21.9. The molecule has 2 aromatic carbocycles. The van der Waals surface area contributed by atoms with E-state index in [4.69, 9.17) is 5.10 Å². The first-order valence-electron chi connectivity index (χ1n) is 10.3. The maximum atomic E-state index is 13.3. The number of nitrogens with one attached hydrogen (secondary N) is 1. The Kier molecular flexibility index (Phi) is 4.89. The molecular formula is C24H23N5O. The van der Waals surface area contributed by atoms with Gasteiger partial charge in [-0.2, -0.15) is 5.10 Å². The van der Waals surface area contributed by atoms with E-state index in [0.717, 1.165) is 48.6 Å². The van der Waals surface area contributed by atoms with Gasteiger partial charge in [0, 0.05) is 36.5 Å². The lowest BCUT2D eigenvalue weighted by molar-refractivity contribution is 0.0705. The van der Waals surface area contributed by atoms with Crippen LogP contribution < -0.4 is 0 Å². The van der Waals surface area contributed by atoms with Crippen LogP contribution in [-0.4, -0.2) is 43.6 Å². The second-order valence-electron chi connectivity index (χ2n) is 7.60. The number of rotatable bonds is 4. The number of amides is 1. The van der Waals surface area contributed by atoms with Crippen molar-refractivity contribution in [3.63, 3.8) is 0 Å². The molecule has 0 aliphatic carbocycles. The summed E-state index contributed by atoms with van der Waals surface area (Å²) >= 11 is 0. The standard InChI is InChI=1S/C24H23N5O/c30-24(28-13-11-18(12-14-28)22-16-25-17-26-22)21-15-23(19-7-3-1-4-8-19)29(27-21)20-9-5-2-6-10-20/h1-10,15-18H,11-14H2,(H,25,26). The minimum Gasteiger partial charge on any atom is -0.348 e. The highest BCUT2D eigenvalue weighted by atomic mass is 16.2. The minimum absolute atomic E-state index is 0.00933. The van der Waals surface area contributed by atoms with E-state index in [2.05, 4.69) is 9.97 Å². The predicted molar refractivity (Wildman–Crippen MR) is 115 cm³/mol. The van der Waals surface area contributed by atoms with E-state index in [1.165, 1.54) is 0 Å². The average molecular weight is 397 g/mol. The number of imidazole rings is 1. The van der Waals surface area contributed by atoms with Crippen LogP contribution in [0.25, 0.3) is 16.9 Å². The molecule has 1 fully saturated rings. The highest BCUT2D eigenvalue weighted by Crippen LogP contribution is 2.28. The highest BCUT2D eigenvalue weighted by molar-refractivity contribution is 5.93. The molecule has 30 heavy (non-hydrogen) atoms. The van der Waals surface area contributed by atoms with Gasteiger partial charge in [0.15, 0.2) is 5.69 Å². The zero-order valence-corrected chi connectivity index (χ0v) is 16.6. The Morgan fingerprint density at radius 2 is 1.67 bits per heavy atom. The number of H-pyrrole nitrogens is 1. The Bertz CT molecular complexity index is 1050. The normalized spacial score (nSPS) is 14.7. The summed E-state index contributed by atoms with van der Waals surface area (Å²) in [6.07, 6.45) is 5.46. The van der Waals surface area contributed by atoms with Gasteiger partial charge < -0.3 is 9.88 Å². The van der Waals surface area contributed by atoms with Crippen LogP contribution in [0.5, 0.6) is 0 Å². The van der Waals surface area contributed by atoms with Gasteiger partial charge in [-0.3, -0.25) is 4.79 Å². The third-order valence-electron chi connectivity index (χ3n) is 5.74. The lowest BCUT2D eigenvalue weighted by atomic mass is 9.94. The highest BCUT2D eigenvalue weighted by Gasteiger charge is 2.27. The Morgan fingerprint density at radius 3 is 2.33 bits per heavy atom. The second-order valence-corrected chi connectivity index (χ2v) is 7.60. The molecule has 4 aromatic rings. The van der Waals surface area contributed by atoms with Gasteiger partial charge in [-0.15, -0.1) is 0 Å². The number of carbonyl (C=O) groups excluding carboxylic acids is 1. The zero-order chi connectivity index (χ0) is 20.3. The quantitative estimate of drug-likeness (QED) is 0.559. The first-order valence-corrected chi connectivity index (χ1v) is 10.3. The van der Waals surface area contributed by atoms with E-state index < -0.39 is 0 Å². The molecular weight excluding hydrogens is 374 g/mol. The summed E-state index contributed by atoms with van der Waals surface area (Å²) in [5, 5.41) is 4.71. The van der Waals surface area contributed by atoms with Crippen LogP contribution in [0, 0.1) is 0 Å². The number of aromatic nitrogens is 4. The summed E-state index contributed by atoms with van der Waals surface area (Å²) in [7, 11) is 0. The lowest BCUT2D eigenvalue weighted by Gasteiger charge is -2.31. The van der Waals surface area contributed by atoms with Crippen LogP contribution in [0.4, 0.5) is 0 Å². The van der Waals surface area contributed by atoms with Gasteiger partial charge in [0.25, 0.3) is 5.91 Å². The van der Waals surface area contributed by atoms with E-state index in [-0.39, 0.29) is 5.91 Å². The number of hydrogen-bond acceptors (Lipinski definition) is 3. The molecule has 6 heteroatoms. The van der Waals surface area contributed by atoms with E-state index in [1.807, 2.05) is 82.5 Å². The van der Waals surface area contributed by atoms with Crippen molar-refractivity contribution in [1.82, 2.24) is 24.6 Å². The van der Waals surface area contributed by atoms with Crippen molar-refractivity contribution >= 4 is 5.91 Å². The largest absolute Gasteiger partial charge is 0.348 e. The lowest BCUT2D eigenvalue weighted by Crippen LogP contribution is -2.38. The molecule has 2 aromatic heterocycles. The molecule has 6 nitrogen and oxygen atoms in total. The van der Waals surface area contributed by atoms with Crippen LogP contribution in [0.1, 0.15) is 34.9 Å². The number of hydrogen-bond donors (Lipinski definition) is 1. The van der Waals surface area contributed by atoms with Crippen molar-refractivity contribution in [1.29, 1.82) is 0 Å². The van der Waals surface area contributed by atoms with Crippen molar-refractivity contribution in [3.8, 4) is 16.9 Å². The SMILES string of the molecule is O=C(c1cc(-c2ccccc2)n(-c2ccccc2)n1)N1CCC(c2cnc[nH]2)CC1. The van der Waals surface area contributed by atoms with Crippen LogP contribution in [-0.2, 0) is 0 Å². The van der Waals surface area contributed by atoms with Gasteiger partial charge in [0.1, 0.15) is 0 Å². The van der Waals surface area contributed by atoms with Crippen LogP contribution in [0.15, 0.2) is 79.3 Å². The van der Waals surface area contributed by atoms with Crippen LogP contribution in [0.2, 0.25) is 0 Å². The molecule has 0 spiro atoms. The molecule has 1 aliphatic rings. The van der Waals surface area contributed by atoms with E-state index >= 15 is 0 Å². The fraction of sp³-hybridized carbons (Fsp3) is 0.208. The molecule has 5 rings (SSSR count). The number of aromatic amines is 1. The number of benzene rings is 2. The third-order valence-corrected chi connectivity index (χ3v) is 5.74. The smallest absolute Gasteiger partial charge is 0.274 e. The van der Waals surface area contributed by atoms with Gasteiger partial charge in [-0.25, -0.2) is 9.67 Å². The molecule has 0 saturated carbocycles. The maximum absolute atomic E-state index is 13.3. The molecule has 3 heterocycles. The van der Waals surface area contributed by atoms with E-state index in [0.29, 0.717) is 11.6 Å². The van der Waals surface area contributed by atoms with Crippen molar-refractivity contribution < 1.29 is 4.79 Å². The Balaban J connectivity index is 1.42. The van der Waals surface area contributed by atoms with Crippen molar-refractivity contribution in [2.45, 2.75) is 18.8 Å². The second kappa shape index (κ2) is 7.99. The van der Waals surface area contributed by atoms with Gasteiger partial charge in [0.05, 0.1) is 17.7 Å². The monoisotopic (exact) mass is 397 g/mol. The molecule has 1 aliphatic heterocycles. The van der Waals surface area contributed by atoms with Crippen LogP contribution in [0.3, 0.4) is 0 Å². The molecule has 1 saturated heterocycles. The molecule has 0 unspecified atom stereocenters. The van der Waals surface area contributed by atoms with Crippen LogP contribution >= 0.6 is 0 Å². The third kappa shape index (κ3) is 3.52. The molecule has 0 atom stereocenters. The van der Waals surface area contributed by atoms with Gasteiger partial charge in [-0.05, 0) is 31.0 Å². The van der Waals surface area contributed by atoms with Crippen molar-refractivity contribution in [3.05, 3.63) is 90.6 Å². The summed E-state index contributed by atoms with van der Waals surface area (Å²) < 4.78 is 1.86. The molecule has 1 N–H and O–H groups in total. The topological polar surface area (TPSA) is 66.8 Å². The average Bonchev–Trinajstić information content (AvgIpc) is 3.51. The molecule has 150 valence electrons. The fourth-order valence-electron chi connectivity index (χ4n) is 4.11. The van der Waals surface area contributed by atoms with Gasteiger partial charge >= 0.3 is 0 Å². The Hall–Kier alpha value is -3.67. The predicted octanol–water partition coefficient (Wildman–Crippen LogP) is 4.28. The molecule has 0 radical (unpaired) electrons. The summed E-state index contributed by atoms with van der Waals surface area (Å²) in [5.41, 5.74) is 4.52. The van der Waals surface area contributed by atoms with E-state index in [1.54, 1.807) is 6.33 Å². The minimum atomic E-state index is -0.00933. The first-order chi connectivity index (χ1) is 14.8. The number of nitrogens with zero attached hydrogens (tertiary/aromatic N) is 4. The number of likely N-dealkylation sites (tertiary alicyclic amines) is 1. The van der Waals surface area contributed by atoms with Gasteiger partial charge in [-0.1, -0.05) is 48.5 Å². The Morgan fingerprint density at radius 1 is 0.967 bits per heavy atom. The summed E-state index contributed by atoms with van der Waals surface area (Å²) in [6.45, 7) is 1.45. The maximum Gasteiger partial charge on any atom is 0.274 e.